The zero-order valence-corrected chi connectivity index (χ0v) is 19.6. The first-order chi connectivity index (χ1) is 15.8. The number of rotatable bonds is 9. The van der Waals surface area contributed by atoms with E-state index >= 15 is 0 Å². The lowest BCUT2D eigenvalue weighted by Crippen LogP contribution is -2.25. The molecule has 1 aromatic rings. The van der Waals surface area contributed by atoms with Gasteiger partial charge >= 0.3 is 6.36 Å². The van der Waals surface area contributed by atoms with Gasteiger partial charge in [0.2, 0.25) is 5.75 Å². The quantitative estimate of drug-likeness (QED) is 0.198. The molecule has 0 bridgehead atoms. The van der Waals surface area contributed by atoms with Gasteiger partial charge in [-0.05, 0) is 99.2 Å². The summed E-state index contributed by atoms with van der Waals surface area (Å²) in [6, 6.07) is 2.02. The lowest BCUT2D eigenvalue weighted by atomic mass is 9.68. The minimum atomic E-state index is -5.12. The number of hydrogen-bond donors (Lipinski definition) is 0. The van der Waals surface area contributed by atoms with E-state index in [-0.39, 0.29) is 5.92 Å². The molecule has 2 aliphatic rings. The zero-order chi connectivity index (χ0) is 23.8. The van der Waals surface area contributed by atoms with Crippen molar-refractivity contribution < 1.29 is 26.7 Å². The molecule has 0 radical (unpaired) electrons. The van der Waals surface area contributed by atoms with E-state index in [9.17, 15) is 22.0 Å². The summed E-state index contributed by atoms with van der Waals surface area (Å²) < 4.78 is 68.8. The van der Waals surface area contributed by atoms with E-state index in [1.807, 2.05) is 0 Å². The average molecular weight is 473 g/mol. The molecule has 0 unspecified atom stereocenters. The summed E-state index contributed by atoms with van der Waals surface area (Å²) in [4.78, 5) is 0. The number of ether oxygens (including phenoxy) is 1. The van der Waals surface area contributed by atoms with E-state index < -0.39 is 23.7 Å². The Labute approximate surface area is 194 Å². The third kappa shape index (κ3) is 7.99. The number of alkyl halides is 3. The number of halogens is 5. The fourth-order valence-electron chi connectivity index (χ4n) is 5.88. The summed E-state index contributed by atoms with van der Waals surface area (Å²) in [6.45, 7) is 2.16. The van der Waals surface area contributed by atoms with Crippen LogP contribution in [0.1, 0.15) is 102 Å². The van der Waals surface area contributed by atoms with Crippen molar-refractivity contribution in [2.24, 2.45) is 17.8 Å². The van der Waals surface area contributed by atoms with E-state index in [2.05, 4.69) is 23.8 Å². The van der Waals surface area contributed by atoms with Crippen LogP contribution < -0.4 is 4.74 Å². The second kappa shape index (κ2) is 12.2. The molecular weight excluding hydrogens is 435 g/mol. The highest BCUT2D eigenvalue weighted by Gasteiger charge is 2.35. The number of benzene rings is 1. The van der Waals surface area contributed by atoms with Crippen molar-refractivity contribution in [3.05, 3.63) is 41.5 Å². The van der Waals surface area contributed by atoms with E-state index in [0.717, 1.165) is 56.1 Å². The van der Waals surface area contributed by atoms with Crippen LogP contribution in [-0.2, 0) is 0 Å². The molecule has 0 saturated heterocycles. The summed E-state index contributed by atoms with van der Waals surface area (Å²) in [5.74, 6) is -1.70. The fraction of sp³-hybridized carbons (Fsp3) is 0.704. The van der Waals surface area contributed by atoms with Crippen LogP contribution in [0.4, 0.5) is 22.0 Å². The van der Waals surface area contributed by atoms with Gasteiger partial charge in [-0.2, -0.15) is 0 Å². The van der Waals surface area contributed by atoms with Crippen LogP contribution in [0.2, 0.25) is 0 Å². The van der Waals surface area contributed by atoms with E-state index in [1.165, 1.54) is 51.4 Å². The molecule has 33 heavy (non-hydrogen) atoms. The van der Waals surface area contributed by atoms with Crippen LogP contribution in [0.25, 0.3) is 0 Å². The molecule has 0 aliphatic heterocycles. The standard InChI is InChI=1S/C27H37F5O/c1-2-3-4-5-6-7-8-19-9-11-20(12-10-19)21-13-15-22(16-14-21)23-17-24(28)26(25(29)18-23)33-27(30,31)32/h3-4,17-22H,2,5-16H2,1H3. The molecule has 2 saturated carbocycles. The minimum Gasteiger partial charge on any atom is -0.399 e. The first kappa shape index (κ1) is 26.0. The van der Waals surface area contributed by atoms with Gasteiger partial charge in [0.25, 0.3) is 0 Å². The molecule has 3 rings (SSSR count). The molecule has 2 fully saturated rings. The van der Waals surface area contributed by atoms with E-state index in [1.54, 1.807) is 0 Å². The van der Waals surface area contributed by atoms with Gasteiger partial charge in [-0.25, -0.2) is 8.78 Å². The van der Waals surface area contributed by atoms with Crippen molar-refractivity contribution in [1.29, 1.82) is 0 Å². The minimum absolute atomic E-state index is 0.0108. The SMILES string of the molecule is CCC=CCCCCC1CCC(C2CCC(c3cc(F)c(OC(F)(F)F)c(F)c3)CC2)CC1. The van der Waals surface area contributed by atoms with Crippen LogP contribution in [-0.4, -0.2) is 6.36 Å². The van der Waals surface area contributed by atoms with Gasteiger partial charge in [0.05, 0.1) is 0 Å². The van der Waals surface area contributed by atoms with Crippen LogP contribution in [0.15, 0.2) is 24.3 Å². The largest absolute Gasteiger partial charge is 0.573 e. The van der Waals surface area contributed by atoms with Crippen molar-refractivity contribution >= 4 is 0 Å². The number of hydrogen-bond acceptors (Lipinski definition) is 1. The molecule has 6 heteroatoms. The van der Waals surface area contributed by atoms with Crippen LogP contribution in [0, 0.1) is 29.4 Å². The molecule has 0 spiro atoms. The van der Waals surface area contributed by atoms with Crippen molar-refractivity contribution in [2.45, 2.75) is 103 Å². The van der Waals surface area contributed by atoms with Crippen LogP contribution >= 0.6 is 0 Å². The van der Waals surface area contributed by atoms with Crippen LogP contribution in [0.5, 0.6) is 5.75 Å². The maximum Gasteiger partial charge on any atom is 0.573 e. The third-order valence-electron chi connectivity index (χ3n) is 7.68. The Morgan fingerprint density at radius 1 is 0.848 bits per heavy atom. The first-order valence-electron chi connectivity index (χ1n) is 12.7. The third-order valence-corrected chi connectivity index (χ3v) is 7.68. The maximum absolute atomic E-state index is 14.1. The molecule has 186 valence electrons. The summed E-state index contributed by atoms with van der Waals surface area (Å²) >= 11 is 0. The Balaban J connectivity index is 1.42. The van der Waals surface area contributed by atoms with Gasteiger partial charge in [-0.3, -0.25) is 0 Å². The van der Waals surface area contributed by atoms with Crippen molar-refractivity contribution in [1.82, 2.24) is 0 Å². The topological polar surface area (TPSA) is 9.23 Å². The van der Waals surface area contributed by atoms with Crippen molar-refractivity contribution in [3.8, 4) is 5.75 Å². The smallest absolute Gasteiger partial charge is 0.399 e. The highest BCUT2D eigenvalue weighted by Crippen LogP contribution is 2.45. The van der Waals surface area contributed by atoms with Gasteiger partial charge in [0.15, 0.2) is 11.6 Å². The summed E-state index contributed by atoms with van der Waals surface area (Å²) in [7, 11) is 0. The van der Waals surface area contributed by atoms with Gasteiger partial charge < -0.3 is 4.74 Å². The molecule has 0 atom stereocenters. The second-order valence-electron chi connectivity index (χ2n) is 9.92. The summed E-state index contributed by atoms with van der Waals surface area (Å²) in [6.07, 6.45) is 14.5. The summed E-state index contributed by atoms with van der Waals surface area (Å²) in [5, 5.41) is 0. The molecular formula is C27H37F5O. The van der Waals surface area contributed by atoms with Gasteiger partial charge in [0, 0.05) is 0 Å². The second-order valence-corrected chi connectivity index (χ2v) is 9.92. The normalized spacial score (nSPS) is 26.6. The molecule has 0 aromatic heterocycles. The monoisotopic (exact) mass is 472 g/mol. The summed E-state index contributed by atoms with van der Waals surface area (Å²) in [5.41, 5.74) is 0.440. The number of allylic oxidation sites excluding steroid dienone is 2. The molecule has 2 aliphatic carbocycles. The Morgan fingerprint density at radius 3 is 1.97 bits per heavy atom. The lowest BCUT2D eigenvalue weighted by Gasteiger charge is -2.38. The maximum atomic E-state index is 14.1. The van der Waals surface area contributed by atoms with Gasteiger partial charge in [-0.15, -0.1) is 13.2 Å². The Hall–Kier alpha value is -1.59. The molecule has 1 aromatic carbocycles. The Bertz CT molecular complexity index is 733. The Kier molecular flexibility index (Phi) is 9.63. The highest BCUT2D eigenvalue weighted by molar-refractivity contribution is 5.33. The average Bonchev–Trinajstić information content (AvgIpc) is 2.78. The number of unbranched alkanes of at least 4 members (excludes halogenated alkanes) is 2. The lowest BCUT2D eigenvalue weighted by molar-refractivity contribution is -0.276. The van der Waals surface area contributed by atoms with E-state index in [4.69, 9.17) is 0 Å². The van der Waals surface area contributed by atoms with E-state index in [0.29, 0.717) is 11.5 Å². The zero-order valence-electron chi connectivity index (χ0n) is 19.6. The molecule has 0 heterocycles. The van der Waals surface area contributed by atoms with Crippen LogP contribution in [0.3, 0.4) is 0 Å². The predicted molar refractivity (Wildman–Crippen MR) is 121 cm³/mol. The van der Waals surface area contributed by atoms with Gasteiger partial charge in [0.1, 0.15) is 0 Å². The highest BCUT2D eigenvalue weighted by atomic mass is 19.4. The Morgan fingerprint density at radius 2 is 1.42 bits per heavy atom. The van der Waals surface area contributed by atoms with Crippen molar-refractivity contribution in [2.75, 3.05) is 0 Å². The van der Waals surface area contributed by atoms with Crippen molar-refractivity contribution in [3.63, 3.8) is 0 Å². The fourth-order valence-corrected chi connectivity index (χ4v) is 5.88. The predicted octanol–water partition coefficient (Wildman–Crippen LogP) is 9.47. The molecule has 1 nitrogen and oxygen atoms in total. The molecule has 0 amide bonds. The van der Waals surface area contributed by atoms with Gasteiger partial charge in [-0.1, -0.05) is 44.8 Å². The molecule has 0 N–H and O–H groups in total. The first-order valence-corrected chi connectivity index (χ1v) is 12.7.